The van der Waals surface area contributed by atoms with Crippen LogP contribution in [-0.4, -0.2) is 22.7 Å². The highest BCUT2D eigenvalue weighted by Crippen LogP contribution is 2.18. The molecule has 0 radical (unpaired) electrons. The minimum absolute atomic E-state index is 0.0133. The lowest BCUT2D eigenvalue weighted by Gasteiger charge is -2.20. The van der Waals surface area contributed by atoms with Crippen molar-refractivity contribution in [1.82, 2.24) is 9.78 Å². The lowest BCUT2D eigenvalue weighted by Crippen LogP contribution is -2.31. The summed E-state index contributed by atoms with van der Waals surface area (Å²) in [7, 11) is 3.54. The summed E-state index contributed by atoms with van der Waals surface area (Å²) in [5, 5.41) is 4.06. The largest absolute Gasteiger partial charge is 0.312 e. The third-order valence-electron chi connectivity index (χ3n) is 3.64. The number of benzene rings is 1. The van der Waals surface area contributed by atoms with Crippen LogP contribution in [0.3, 0.4) is 0 Å². The molecule has 0 aliphatic rings. The van der Waals surface area contributed by atoms with Gasteiger partial charge in [0.15, 0.2) is 0 Å². The van der Waals surface area contributed by atoms with E-state index in [9.17, 15) is 9.18 Å². The van der Waals surface area contributed by atoms with E-state index in [4.69, 9.17) is 0 Å². The molecule has 0 spiro atoms. The number of amides is 1. The predicted molar refractivity (Wildman–Crippen MR) is 80.5 cm³/mol. The van der Waals surface area contributed by atoms with Crippen LogP contribution < -0.4 is 4.90 Å². The Labute approximate surface area is 124 Å². The van der Waals surface area contributed by atoms with Crippen molar-refractivity contribution in [2.24, 2.45) is 13.0 Å². The van der Waals surface area contributed by atoms with Gasteiger partial charge in [-0.3, -0.25) is 9.48 Å². The Morgan fingerprint density at radius 1 is 1.43 bits per heavy atom. The van der Waals surface area contributed by atoms with Gasteiger partial charge in [-0.2, -0.15) is 5.10 Å². The lowest BCUT2D eigenvalue weighted by atomic mass is 9.99. The van der Waals surface area contributed by atoms with E-state index in [1.165, 1.54) is 6.07 Å². The van der Waals surface area contributed by atoms with Crippen molar-refractivity contribution in [3.8, 4) is 0 Å². The minimum atomic E-state index is -0.210. The van der Waals surface area contributed by atoms with Crippen molar-refractivity contribution in [3.63, 3.8) is 0 Å². The molecule has 4 nitrogen and oxygen atoms in total. The molecule has 0 saturated carbocycles. The highest BCUT2D eigenvalue weighted by molar-refractivity contribution is 5.94. The van der Waals surface area contributed by atoms with E-state index >= 15 is 0 Å². The fourth-order valence-electron chi connectivity index (χ4n) is 2.24. The Hall–Kier alpha value is -2.17. The summed E-state index contributed by atoms with van der Waals surface area (Å²) in [6, 6.07) is 6.69. The molecule has 5 heteroatoms. The van der Waals surface area contributed by atoms with Crippen molar-refractivity contribution < 1.29 is 9.18 Å². The molecule has 1 aromatic heterocycles. The van der Waals surface area contributed by atoms with Gasteiger partial charge in [0, 0.05) is 26.2 Å². The van der Waals surface area contributed by atoms with Gasteiger partial charge in [0.1, 0.15) is 5.82 Å². The number of hydrogen-bond acceptors (Lipinski definition) is 2. The number of nitrogens with zero attached hydrogens (tertiary/aromatic N) is 3. The molecule has 112 valence electrons. The van der Waals surface area contributed by atoms with E-state index in [1.807, 2.05) is 20.0 Å². The summed E-state index contributed by atoms with van der Waals surface area (Å²) < 4.78 is 15.2. The summed E-state index contributed by atoms with van der Waals surface area (Å²) in [6.45, 7) is 1.87. The summed E-state index contributed by atoms with van der Waals surface area (Å²) >= 11 is 0. The third kappa shape index (κ3) is 3.68. The first-order valence-corrected chi connectivity index (χ1v) is 6.98. The van der Waals surface area contributed by atoms with E-state index < -0.39 is 0 Å². The summed E-state index contributed by atoms with van der Waals surface area (Å²) in [6.07, 6.45) is 4.62. The summed E-state index contributed by atoms with van der Waals surface area (Å²) in [4.78, 5) is 14.0. The highest BCUT2D eigenvalue weighted by Gasteiger charge is 2.19. The van der Waals surface area contributed by atoms with Gasteiger partial charge in [-0.15, -0.1) is 0 Å². The van der Waals surface area contributed by atoms with Crippen LogP contribution in [-0.2, 0) is 18.3 Å². The molecule has 0 fully saturated rings. The molecule has 1 aromatic carbocycles. The quantitative estimate of drug-likeness (QED) is 0.849. The molecule has 0 saturated heterocycles. The van der Waals surface area contributed by atoms with Gasteiger partial charge < -0.3 is 4.90 Å². The molecule has 2 aromatic rings. The molecule has 0 unspecified atom stereocenters. The van der Waals surface area contributed by atoms with Crippen LogP contribution in [0.25, 0.3) is 0 Å². The molecule has 1 atom stereocenters. The van der Waals surface area contributed by atoms with Crippen molar-refractivity contribution in [2.75, 3.05) is 11.9 Å². The van der Waals surface area contributed by atoms with Crippen molar-refractivity contribution in [3.05, 3.63) is 48.0 Å². The number of carbonyl (C=O) groups is 1. The normalized spacial score (nSPS) is 12.2. The Bertz CT molecular complexity index is 623. The number of rotatable bonds is 5. The monoisotopic (exact) mass is 289 g/mol. The summed E-state index contributed by atoms with van der Waals surface area (Å²) in [5.41, 5.74) is 1.42. The number of aromatic nitrogens is 2. The standard InChI is InChI=1S/C16H20FN3O/c1-12(8-9-13-6-4-5-7-15(13)17)16(21)20(3)14-10-18-19(2)11-14/h4-7,10-12H,8-9H2,1-3H3/t12-/m1/s1. The van der Waals surface area contributed by atoms with Crippen LogP contribution in [0.2, 0.25) is 0 Å². The average molecular weight is 289 g/mol. The molecule has 0 aliphatic carbocycles. The first-order chi connectivity index (χ1) is 9.99. The number of hydrogen-bond donors (Lipinski definition) is 0. The SMILES string of the molecule is C[C@H](CCc1ccccc1F)C(=O)N(C)c1cnn(C)c1. The van der Waals surface area contributed by atoms with Crippen molar-refractivity contribution in [1.29, 1.82) is 0 Å². The first-order valence-electron chi connectivity index (χ1n) is 6.98. The van der Waals surface area contributed by atoms with E-state index in [0.29, 0.717) is 18.4 Å². The zero-order chi connectivity index (χ0) is 15.4. The number of halogens is 1. The molecular formula is C16H20FN3O. The summed E-state index contributed by atoms with van der Waals surface area (Å²) in [5.74, 6) is -0.369. The second-order valence-electron chi connectivity index (χ2n) is 5.30. The second-order valence-corrected chi connectivity index (χ2v) is 5.30. The second kappa shape index (κ2) is 6.52. The molecule has 0 N–H and O–H groups in total. The maximum Gasteiger partial charge on any atom is 0.229 e. The Balaban J connectivity index is 1.95. The average Bonchev–Trinajstić information content (AvgIpc) is 2.91. The number of anilines is 1. The Morgan fingerprint density at radius 2 is 2.14 bits per heavy atom. The van der Waals surface area contributed by atoms with Crippen LogP contribution in [0.5, 0.6) is 0 Å². The smallest absolute Gasteiger partial charge is 0.229 e. The lowest BCUT2D eigenvalue weighted by molar-refractivity contribution is -0.121. The molecule has 1 amide bonds. The highest BCUT2D eigenvalue weighted by atomic mass is 19.1. The van der Waals surface area contributed by atoms with Crippen LogP contribution in [0, 0.1) is 11.7 Å². The van der Waals surface area contributed by atoms with Gasteiger partial charge in [0.05, 0.1) is 11.9 Å². The number of aryl methyl sites for hydroxylation is 2. The fourth-order valence-corrected chi connectivity index (χ4v) is 2.24. The maximum atomic E-state index is 13.6. The fraction of sp³-hybridized carbons (Fsp3) is 0.375. The Kier molecular flexibility index (Phi) is 4.73. The maximum absolute atomic E-state index is 13.6. The van der Waals surface area contributed by atoms with Gasteiger partial charge in [-0.25, -0.2) is 4.39 Å². The molecule has 0 bridgehead atoms. The van der Waals surface area contributed by atoms with Crippen molar-refractivity contribution in [2.45, 2.75) is 19.8 Å². The van der Waals surface area contributed by atoms with Crippen LogP contribution in [0.15, 0.2) is 36.7 Å². The van der Waals surface area contributed by atoms with E-state index in [2.05, 4.69) is 5.10 Å². The molecule has 21 heavy (non-hydrogen) atoms. The zero-order valence-corrected chi connectivity index (χ0v) is 12.6. The van der Waals surface area contributed by atoms with Gasteiger partial charge in [-0.1, -0.05) is 25.1 Å². The van der Waals surface area contributed by atoms with Crippen LogP contribution >= 0.6 is 0 Å². The Morgan fingerprint density at radius 3 is 2.76 bits per heavy atom. The zero-order valence-electron chi connectivity index (χ0n) is 12.6. The number of carbonyl (C=O) groups excluding carboxylic acids is 1. The van der Waals surface area contributed by atoms with Gasteiger partial charge in [-0.05, 0) is 24.5 Å². The van der Waals surface area contributed by atoms with Gasteiger partial charge in [0.2, 0.25) is 5.91 Å². The van der Waals surface area contributed by atoms with Crippen molar-refractivity contribution >= 4 is 11.6 Å². The molecule has 0 aliphatic heterocycles. The molecule has 2 rings (SSSR count). The minimum Gasteiger partial charge on any atom is -0.312 e. The van der Waals surface area contributed by atoms with E-state index in [-0.39, 0.29) is 17.6 Å². The molecule has 1 heterocycles. The predicted octanol–water partition coefficient (Wildman–Crippen LogP) is 2.79. The van der Waals surface area contributed by atoms with Gasteiger partial charge >= 0.3 is 0 Å². The first kappa shape index (κ1) is 15.2. The third-order valence-corrected chi connectivity index (χ3v) is 3.64. The van der Waals surface area contributed by atoms with Gasteiger partial charge in [0.25, 0.3) is 0 Å². The topological polar surface area (TPSA) is 38.1 Å². The van der Waals surface area contributed by atoms with Crippen LogP contribution in [0.1, 0.15) is 18.9 Å². The molecular weight excluding hydrogens is 269 g/mol. The van der Waals surface area contributed by atoms with E-state index in [0.717, 1.165) is 5.69 Å². The van der Waals surface area contributed by atoms with E-state index in [1.54, 1.807) is 41.2 Å². The van der Waals surface area contributed by atoms with Crippen LogP contribution in [0.4, 0.5) is 10.1 Å².